The number of H-pyrrole nitrogens is 2. The van der Waals surface area contributed by atoms with Crippen molar-refractivity contribution in [3.63, 3.8) is 0 Å². The number of nitrogens with zero attached hydrogens (tertiary/aromatic N) is 1. The van der Waals surface area contributed by atoms with Crippen molar-refractivity contribution in [1.29, 1.82) is 0 Å². The predicted molar refractivity (Wildman–Crippen MR) is 74.8 cm³/mol. The van der Waals surface area contributed by atoms with Crippen LogP contribution in [0.25, 0.3) is 0 Å². The third-order valence-electron chi connectivity index (χ3n) is 2.23. The Labute approximate surface area is 117 Å². The highest BCUT2D eigenvalue weighted by atomic mass is 32.2. The summed E-state index contributed by atoms with van der Waals surface area (Å²) in [5.74, 6) is -0.433. The number of nitrogens with one attached hydrogen (secondary N) is 2. The Bertz CT molecular complexity index is 524. The van der Waals surface area contributed by atoms with Crippen molar-refractivity contribution >= 4 is 29.5 Å². The molecular formula is C10H15N3O4S2. The lowest BCUT2D eigenvalue weighted by atomic mass is 10.3. The van der Waals surface area contributed by atoms with E-state index in [0.717, 1.165) is 18.2 Å². The molecule has 7 nitrogen and oxygen atoms in total. The van der Waals surface area contributed by atoms with E-state index < -0.39 is 17.2 Å². The van der Waals surface area contributed by atoms with E-state index in [1.165, 1.54) is 0 Å². The fraction of sp³-hybridized carbons (Fsp3) is 0.600. The highest BCUT2D eigenvalue weighted by molar-refractivity contribution is 7.99. The smallest absolute Gasteiger partial charge is 0.342 e. The molecule has 0 aliphatic heterocycles. The van der Waals surface area contributed by atoms with E-state index in [2.05, 4.69) is 10.2 Å². The number of ether oxygens (including phenoxy) is 1. The molecule has 0 aliphatic carbocycles. The summed E-state index contributed by atoms with van der Waals surface area (Å²) in [4.78, 5) is 35.5. The van der Waals surface area contributed by atoms with Crippen LogP contribution in [0.1, 0.15) is 13.3 Å². The van der Waals surface area contributed by atoms with Crippen molar-refractivity contribution in [2.45, 2.75) is 23.6 Å². The van der Waals surface area contributed by atoms with Gasteiger partial charge in [0.05, 0.1) is 5.75 Å². The number of aromatic nitrogens is 3. The zero-order chi connectivity index (χ0) is 14.3. The van der Waals surface area contributed by atoms with E-state index in [1.54, 1.807) is 11.8 Å². The molecule has 0 bridgehead atoms. The van der Waals surface area contributed by atoms with Gasteiger partial charge in [-0.25, -0.2) is 9.89 Å². The highest BCUT2D eigenvalue weighted by Crippen LogP contribution is 2.12. The summed E-state index contributed by atoms with van der Waals surface area (Å²) < 4.78 is 5.08. The van der Waals surface area contributed by atoms with Crippen molar-refractivity contribution in [3.05, 3.63) is 20.8 Å². The first-order valence-corrected chi connectivity index (χ1v) is 7.84. The minimum Gasteiger partial charge on any atom is -0.464 e. The van der Waals surface area contributed by atoms with E-state index in [0.29, 0.717) is 6.61 Å². The molecule has 9 heteroatoms. The van der Waals surface area contributed by atoms with Gasteiger partial charge in [-0.05, 0) is 12.7 Å². The molecule has 1 aromatic rings. The molecular weight excluding hydrogens is 290 g/mol. The minimum atomic E-state index is -0.678. The molecule has 0 fully saturated rings. The van der Waals surface area contributed by atoms with Gasteiger partial charge in [-0.3, -0.25) is 14.6 Å². The number of aromatic amines is 2. The van der Waals surface area contributed by atoms with Crippen molar-refractivity contribution in [2.75, 3.05) is 18.6 Å². The Hall–Kier alpha value is -1.22. The number of hydrogen-bond acceptors (Lipinski definition) is 7. The Morgan fingerprint density at radius 2 is 2.21 bits per heavy atom. The summed E-state index contributed by atoms with van der Waals surface area (Å²) in [6.07, 6.45) is 2.88. The van der Waals surface area contributed by atoms with Gasteiger partial charge < -0.3 is 4.74 Å². The first-order chi connectivity index (χ1) is 9.06. The van der Waals surface area contributed by atoms with Gasteiger partial charge in [-0.15, -0.1) is 0 Å². The van der Waals surface area contributed by atoms with Crippen LogP contribution in [-0.2, 0) is 9.53 Å². The minimum absolute atomic E-state index is 0.0209. The standard InChI is InChI=1S/C10H15N3O4S2/c1-3-6(18-2)4-17-7(14)5-19-9-8(15)11-10(16)13-12-9/h6H,3-5H2,1-2H3,(H2,11,13,15,16). The fourth-order valence-corrected chi connectivity index (χ4v) is 2.31. The summed E-state index contributed by atoms with van der Waals surface area (Å²) in [5, 5.41) is 5.96. The van der Waals surface area contributed by atoms with E-state index in [4.69, 9.17) is 4.74 Å². The second-order valence-electron chi connectivity index (χ2n) is 3.55. The molecule has 19 heavy (non-hydrogen) atoms. The van der Waals surface area contributed by atoms with Crippen LogP contribution in [0, 0.1) is 0 Å². The van der Waals surface area contributed by atoms with Crippen LogP contribution in [-0.4, -0.2) is 45.0 Å². The van der Waals surface area contributed by atoms with Crippen molar-refractivity contribution in [1.82, 2.24) is 15.2 Å². The molecule has 0 amide bonds. The zero-order valence-electron chi connectivity index (χ0n) is 10.6. The second-order valence-corrected chi connectivity index (χ2v) is 5.65. The maximum atomic E-state index is 11.5. The van der Waals surface area contributed by atoms with E-state index in [1.807, 2.05) is 18.2 Å². The van der Waals surface area contributed by atoms with Crippen LogP contribution in [0.15, 0.2) is 14.6 Å². The van der Waals surface area contributed by atoms with Crippen LogP contribution in [0.2, 0.25) is 0 Å². The molecule has 0 spiro atoms. The van der Waals surface area contributed by atoms with Gasteiger partial charge in [0.2, 0.25) is 0 Å². The lowest BCUT2D eigenvalue weighted by molar-refractivity contribution is -0.140. The summed E-state index contributed by atoms with van der Waals surface area (Å²) in [5.41, 5.74) is -1.29. The molecule has 0 aromatic carbocycles. The molecule has 1 atom stereocenters. The van der Waals surface area contributed by atoms with Gasteiger partial charge in [-0.2, -0.15) is 16.9 Å². The van der Waals surface area contributed by atoms with Gasteiger partial charge in [0.25, 0.3) is 5.56 Å². The Morgan fingerprint density at radius 1 is 1.47 bits per heavy atom. The average Bonchev–Trinajstić information content (AvgIpc) is 2.39. The number of hydrogen-bond donors (Lipinski definition) is 2. The Balaban J connectivity index is 2.42. The average molecular weight is 305 g/mol. The van der Waals surface area contributed by atoms with Gasteiger partial charge in [0.1, 0.15) is 6.61 Å². The molecule has 1 unspecified atom stereocenters. The normalized spacial score (nSPS) is 12.1. The van der Waals surface area contributed by atoms with Gasteiger partial charge in [-0.1, -0.05) is 18.7 Å². The van der Waals surface area contributed by atoms with Crippen molar-refractivity contribution in [3.8, 4) is 0 Å². The molecule has 2 N–H and O–H groups in total. The van der Waals surface area contributed by atoms with Crippen LogP contribution in [0.4, 0.5) is 0 Å². The van der Waals surface area contributed by atoms with Crippen molar-refractivity contribution in [2.24, 2.45) is 0 Å². The lowest BCUT2D eigenvalue weighted by Gasteiger charge is -2.11. The number of rotatable bonds is 7. The summed E-state index contributed by atoms with van der Waals surface area (Å²) in [7, 11) is 0. The maximum Gasteiger partial charge on any atom is 0.342 e. The molecule has 1 rings (SSSR count). The third-order valence-corrected chi connectivity index (χ3v) is 4.29. The van der Waals surface area contributed by atoms with Gasteiger partial charge in [0.15, 0.2) is 5.03 Å². The van der Waals surface area contributed by atoms with E-state index in [9.17, 15) is 14.4 Å². The monoisotopic (exact) mass is 305 g/mol. The van der Waals surface area contributed by atoms with Crippen LogP contribution < -0.4 is 11.2 Å². The first-order valence-electron chi connectivity index (χ1n) is 5.57. The maximum absolute atomic E-state index is 11.5. The molecule has 1 aromatic heterocycles. The van der Waals surface area contributed by atoms with Crippen LogP contribution in [0.5, 0.6) is 0 Å². The first kappa shape index (κ1) is 15.8. The quantitative estimate of drug-likeness (QED) is 0.549. The molecule has 0 saturated heterocycles. The summed E-state index contributed by atoms with van der Waals surface area (Å²) in [6.45, 7) is 2.37. The zero-order valence-corrected chi connectivity index (χ0v) is 12.2. The largest absolute Gasteiger partial charge is 0.464 e. The number of carbonyl (C=O) groups excluding carboxylic acids is 1. The molecule has 0 radical (unpaired) electrons. The fourth-order valence-electron chi connectivity index (χ4n) is 1.14. The number of esters is 1. The lowest BCUT2D eigenvalue weighted by Crippen LogP contribution is -2.25. The molecule has 0 saturated carbocycles. The Morgan fingerprint density at radius 3 is 2.79 bits per heavy atom. The highest BCUT2D eigenvalue weighted by Gasteiger charge is 2.11. The van der Waals surface area contributed by atoms with Crippen LogP contribution >= 0.6 is 23.5 Å². The SMILES string of the molecule is CCC(COC(=O)CSc1n[nH]c(=O)[nH]c1=O)SC. The van der Waals surface area contributed by atoms with Crippen LogP contribution in [0.3, 0.4) is 0 Å². The van der Waals surface area contributed by atoms with E-state index >= 15 is 0 Å². The second kappa shape index (κ2) is 8.05. The molecule has 1 heterocycles. The molecule has 106 valence electrons. The molecule has 0 aliphatic rings. The van der Waals surface area contributed by atoms with Gasteiger partial charge in [0, 0.05) is 5.25 Å². The van der Waals surface area contributed by atoms with Crippen molar-refractivity contribution < 1.29 is 9.53 Å². The topological polar surface area (TPSA) is 105 Å². The number of thioether (sulfide) groups is 2. The number of carbonyl (C=O) groups is 1. The van der Waals surface area contributed by atoms with Gasteiger partial charge >= 0.3 is 11.7 Å². The third kappa shape index (κ3) is 5.52. The summed E-state index contributed by atoms with van der Waals surface area (Å²) >= 11 is 2.56. The summed E-state index contributed by atoms with van der Waals surface area (Å²) in [6, 6.07) is 0. The Kier molecular flexibility index (Phi) is 6.71. The predicted octanol–water partition coefficient (Wildman–Crippen LogP) is 0.235. The van der Waals surface area contributed by atoms with E-state index in [-0.39, 0.29) is 16.0 Å².